The molecule has 29 heavy (non-hydrogen) atoms. The lowest BCUT2D eigenvalue weighted by atomic mass is 9.46. The third kappa shape index (κ3) is 2.57. The van der Waals surface area contributed by atoms with Crippen molar-refractivity contribution in [3.8, 4) is 0 Å². The molecule has 158 valence electrons. The fourth-order valence-electron chi connectivity index (χ4n) is 6.41. The molecule has 0 spiro atoms. The molecule has 4 bridgehead atoms. The van der Waals surface area contributed by atoms with Crippen LogP contribution in [0.25, 0.3) is 0 Å². The van der Waals surface area contributed by atoms with Gasteiger partial charge in [-0.2, -0.15) is 14.9 Å². The van der Waals surface area contributed by atoms with E-state index >= 15 is 0 Å². The fourth-order valence-corrected chi connectivity index (χ4v) is 6.41. The highest BCUT2D eigenvalue weighted by Gasteiger charge is 2.65. The summed E-state index contributed by atoms with van der Waals surface area (Å²) < 4.78 is 53.6. The lowest BCUT2D eigenvalue weighted by molar-refractivity contribution is -0.211. The minimum absolute atomic E-state index is 0.159. The standard InChI is InChI=1S/C17H20F4N6O2/c18-12(19)11-6-17(29,13(20)21)26(24-11)14(28)15-2-9-1-10(3-15)5-16(4-9,7-15)27-23-8-22-25-27/h8-10,12-13,29H,1-7H2/t9-,10+,15?,16?,17-/m1/s1. The number of hydrogen-bond donors (Lipinski definition) is 1. The minimum Gasteiger partial charge on any atom is -0.364 e. The zero-order chi connectivity index (χ0) is 20.6. The molecule has 1 amide bonds. The molecule has 8 nitrogen and oxygen atoms in total. The van der Waals surface area contributed by atoms with Crippen molar-refractivity contribution in [3.63, 3.8) is 0 Å². The Bertz CT molecular complexity index is 848. The first-order chi connectivity index (χ1) is 13.7. The normalized spacial score (nSPS) is 40.9. The molecule has 4 fully saturated rings. The maximum Gasteiger partial charge on any atom is 0.287 e. The van der Waals surface area contributed by atoms with Crippen LogP contribution in [-0.4, -0.2) is 60.5 Å². The molecular weight excluding hydrogens is 396 g/mol. The maximum atomic E-state index is 13.6. The van der Waals surface area contributed by atoms with Crippen LogP contribution in [0.15, 0.2) is 11.4 Å². The van der Waals surface area contributed by atoms with Crippen molar-refractivity contribution < 1.29 is 27.5 Å². The zero-order valence-electron chi connectivity index (χ0n) is 15.4. The number of alkyl halides is 4. The van der Waals surface area contributed by atoms with Crippen molar-refractivity contribution in [1.82, 2.24) is 25.2 Å². The van der Waals surface area contributed by atoms with Gasteiger partial charge < -0.3 is 5.11 Å². The van der Waals surface area contributed by atoms with Crippen LogP contribution >= 0.6 is 0 Å². The predicted molar refractivity (Wildman–Crippen MR) is 88.8 cm³/mol. The number of halogens is 4. The SMILES string of the molecule is O=C(N1N=C(C(F)F)C[C@@]1(O)C(F)F)C12C[C@H]3C[C@@H](C1)CC(n1ncnn1)(C3)C2. The molecule has 1 aromatic heterocycles. The molecule has 1 aromatic rings. The average Bonchev–Trinajstić information content (AvgIpc) is 3.29. The Hall–Kier alpha value is -2.11. The number of nitrogens with zero attached hydrogens (tertiary/aromatic N) is 6. The lowest BCUT2D eigenvalue weighted by Crippen LogP contribution is -2.64. The van der Waals surface area contributed by atoms with Gasteiger partial charge in [-0.1, -0.05) is 0 Å². The third-order valence-corrected chi connectivity index (χ3v) is 7.09. The van der Waals surface area contributed by atoms with Gasteiger partial charge in [0.25, 0.3) is 18.8 Å². The second-order valence-corrected chi connectivity index (χ2v) is 9.06. The maximum absolute atomic E-state index is 13.6. The average molecular weight is 416 g/mol. The molecule has 2 heterocycles. The van der Waals surface area contributed by atoms with E-state index in [2.05, 4.69) is 20.5 Å². The molecule has 2 unspecified atom stereocenters. The zero-order valence-corrected chi connectivity index (χ0v) is 15.4. The quantitative estimate of drug-likeness (QED) is 0.755. The van der Waals surface area contributed by atoms with E-state index in [0.717, 1.165) is 19.3 Å². The summed E-state index contributed by atoms with van der Waals surface area (Å²) >= 11 is 0. The van der Waals surface area contributed by atoms with Crippen molar-refractivity contribution in [2.45, 2.75) is 69.1 Å². The number of carbonyl (C=O) groups excluding carboxylic acids is 1. The summed E-state index contributed by atoms with van der Waals surface area (Å²) in [7, 11) is 0. The van der Waals surface area contributed by atoms with E-state index in [4.69, 9.17) is 0 Å². The van der Waals surface area contributed by atoms with E-state index < -0.39 is 47.6 Å². The number of hydrazone groups is 1. The summed E-state index contributed by atoms with van der Waals surface area (Å²) in [6.07, 6.45) is -2.70. The number of carbonyl (C=O) groups is 1. The van der Waals surface area contributed by atoms with Gasteiger partial charge >= 0.3 is 0 Å². The van der Waals surface area contributed by atoms with Crippen molar-refractivity contribution in [2.75, 3.05) is 0 Å². The highest BCUT2D eigenvalue weighted by molar-refractivity contribution is 5.94. The highest BCUT2D eigenvalue weighted by atomic mass is 19.3. The summed E-state index contributed by atoms with van der Waals surface area (Å²) in [4.78, 5) is 15.0. The summed E-state index contributed by atoms with van der Waals surface area (Å²) in [5, 5.41) is 26.1. The molecule has 0 radical (unpaired) electrons. The second-order valence-electron chi connectivity index (χ2n) is 9.06. The Morgan fingerprint density at radius 1 is 1.17 bits per heavy atom. The minimum atomic E-state index is -3.42. The summed E-state index contributed by atoms with van der Waals surface area (Å²) in [5.74, 6) is -0.492. The largest absolute Gasteiger partial charge is 0.364 e. The molecule has 1 aliphatic heterocycles. The van der Waals surface area contributed by atoms with Crippen LogP contribution in [0, 0.1) is 17.3 Å². The number of amides is 1. The van der Waals surface area contributed by atoms with Gasteiger partial charge in [-0.25, -0.2) is 17.6 Å². The van der Waals surface area contributed by atoms with E-state index in [1.165, 1.54) is 11.1 Å². The summed E-state index contributed by atoms with van der Waals surface area (Å²) in [6.45, 7) is 0. The van der Waals surface area contributed by atoms with Crippen molar-refractivity contribution in [1.29, 1.82) is 0 Å². The van der Waals surface area contributed by atoms with Gasteiger partial charge in [-0.15, -0.1) is 10.2 Å². The monoisotopic (exact) mass is 416 g/mol. The van der Waals surface area contributed by atoms with Crippen LogP contribution in [0.4, 0.5) is 17.6 Å². The van der Waals surface area contributed by atoms with E-state index in [9.17, 15) is 27.5 Å². The van der Waals surface area contributed by atoms with Gasteiger partial charge in [-0.05, 0) is 55.6 Å². The van der Waals surface area contributed by atoms with E-state index in [1.54, 1.807) is 0 Å². The first kappa shape index (κ1) is 18.9. The van der Waals surface area contributed by atoms with Gasteiger partial charge in [0.05, 0.1) is 11.0 Å². The number of hydrogen-bond acceptors (Lipinski definition) is 6. The van der Waals surface area contributed by atoms with Crippen molar-refractivity contribution in [2.24, 2.45) is 22.4 Å². The van der Waals surface area contributed by atoms with E-state index in [-0.39, 0.29) is 23.3 Å². The van der Waals surface area contributed by atoms with Crippen LogP contribution in [0.3, 0.4) is 0 Å². The molecule has 12 heteroatoms. The molecule has 1 N–H and O–H groups in total. The molecule has 4 aliphatic carbocycles. The van der Waals surface area contributed by atoms with Gasteiger partial charge in [0.15, 0.2) is 6.33 Å². The smallest absolute Gasteiger partial charge is 0.287 e. The molecule has 5 aliphatic rings. The third-order valence-electron chi connectivity index (χ3n) is 7.09. The predicted octanol–water partition coefficient (Wildman–Crippen LogP) is 1.78. The Morgan fingerprint density at radius 3 is 2.41 bits per heavy atom. The molecule has 0 saturated heterocycles. The molecular formula is C17H20F4N6O2. The van der Waals surface area contributed by atoms with Gasteiger partial charge in [0, 0.05) is 6.42 Å². The number of tetrazole rings is 1. The fraction of sp³-hybridized carbons (Fsp3) is 0.824. The van der Waals surface area contributed by atoms with E-state index in [1.807, 2.05) is 0 Å². The first-order valence-corrected chi connectivity index (χ1v) is 9.62. The molecule has 4 saturated carbocycles. The number of rotatable bonds is 4. The second kappa shape index (κ2) is 5.96. The van der Waals surface area contributed by atoms with Crippen LogP contribution in [0.1, 0.15) is 44.9 Å². The van der Waals surface area contributed by atoms with Crippen LogP contribution in [0.2, 0.25) is 0 Å². The van der Waals surface area contributed by atoms with Gasteiger partial charge in [0.1, 0.15) is 5.71 Å². The first-order valence-electron chi connectivity index (χ1n) is 9.62. The Balaban J connectivity index is 1.54. The van der Waals surface area contributed by atoms with Crippen molar-refractivity contribution in [3.05, 3.63) is 6.33 Å². The Labute approximate surface area is 162 Å². The van der Waals surface area contributed by atoms with Crippen LogP contribution < -0.4 is 0 Å². The topological polar surface area (TPSA) is 96.5 Å². The molecule has 5 atom stereocenters. The highest BCUT2D eigenvalue weighted by Crippen LogP contribution is 2.64. The summed E-state index contributed by atoms with van der Waals surface area (Å²) in [5.41, 5.74) is -5.58. The number of aromatic nitrogens is 4. The van der Waals surface area contributed by atoms with Crippen molar-refractivity contribution >= 4 is 11.6 Å². The van der Waals surface area contributed by atoms with Crippen LogP contribution in [0.5, 0.6) is 0 Å². The van der Waals surface area contributed by atoms with Crippen LogP contribution in [-0.2, 0) is 10.3 Å². The lowest BCUT2D eigenvalue weighted by Gasteiger charge is -2.60. The van der Waals surface area contributed by atoms with Gasteiger partial charge in [-0.3, -0.25) is 4.79 Å². The molecule has 6 rings (SSSR count). The number of aliphatic hydroxyl groups is 1. The molecule has 0 aromatic carbocycles. The Kier molecular flexibility index (Phi) is 3.88. The Morgan fingerprint density at radius 2 is 1.86 bits per heavy atom. The van der Waals surface area contributed by atoms with E-state index in [0.29, 0.717) is 12.8 Å². The van der Waals surface area contributed by atoms with Gasteiger partial charge in [0.2, 0.25) is 5.72 Å². The summed E-state index contributed by atoms with van der Waals surface area (Å²) in [6, 6.07) is 0.